The van der Waals surface area contributed by atoms with Crippen molar-refractivity contribution in [3.63, 3.8) is 0 Å². The summed E-state index contributed by atoms with van der Waals surface area (Å²) in [5.41, 5.74) is 4.52. The number of amides is 1. The Morgan fingerprint density at radius 1 is 1.12 bits per heavy atom. The van der Waals surface area contributed by atoms with Gasteiger partial charge in [-0.25, -0.2) is 0 Å². The molecule has 0 bridgehead atoms. The zero-order chi connectivity index (χ0) is 18.4. The molecule has 1 amide bonds. The molecule has 1 atom stereocenters. The summed E-state index contributed by atoms with van der Waals surface area (Å²) in [6, 6.07) is 11.9. The molecule has 1 N–H and O–H groups in total. The van der Waals surface area contributed by atoms with E-state index < -0.39 is 6.10 Å². The highest BCUT2D eigenvalue weighted by molar-refractivity contribution is 5.80. The molecule has 0 heterocycles. The van der Waals surface area contributed by atoms with E-state index in [-0.39, 0.29) is 5.91 Å². The third-order valence-electron chi connectivity index (χ3n) is 4.31. The van der Waals surface area contributed by atoms with Gasteiger partial charge in [-0.3, -0.25) is 4.79 Å². The highest BCUT2D eigenvalue weighted by Gasteiger charge is 2.16. The Morgan fingerprint density at radius 3 is 2.44 bits per heavy atom. The number of hydrogen-bond donors (Lipinski definition) is 1. The van der Waals surface area contributed by atoms with Gasteiger partial charge in [0.1, 0.15) is 11.5 Å². The van der Waals surface area contributed by atoms with Crippen molar-refractivity contribution in [3.8, 4) is 11.5 Å². The van der Waals surface area contributed by atoms with Gasteiger partial charge in [-0.2, -0.15) is 0 Å². The van der Waals surface area contributed by atoms with E-state index in [0.717, 1.165) is 34.6 Å². The average Bonchev–Trinajstić information content (AvgIpc) is 2.59. The molecule has 25 heavy (non-hydrogen) atoms. The van der Waals surface area contributed by atoms with Crippen LogP contribution in [0, 0.1) is 20.8 Å². The number of aryl methyl sites for hydroxylation is 2. The maximum atomic E-state index is 12.3. The second-order valence-corrected chi connectivity index (χ2v) is 6.35. The largest absolute Gasteiger partial charge is 0.497 e. The number of ether oxygens (including phenoxy) is 2. The van der Waals surface area contributed by atoms with Crippen LogP contribution in [0.2, 0.25) is 0 Å². The molecule has 4 nitrogen and oxygen atoms in total. The number of carbonyl (C=O) groups is 1. The summed E-state index contributed by atoms with van der Waals surface area (Å²) in [6.07, 6.45) is 0.237. The van der Waals surface area contributed by atoms with Crippen LogP contribution in [0.3, 0.4) is 0 Å². The molecule has 0 aliphatic heterocycles. The number of hydrogen-bond acceptors (Lipinski definition) is 3. The lowest BCUT2D eigenvalue weighted by Gasteiger charge is -2.18. The van der Waals surface area contributed by atoms with Crippen LogP contribution in [-0.2, 0) is 11.2 Å². The molecule has 4 heteroatoms. The third-order valence-corrected chi connectivity index (χ3v) is 4.31. The Morgan fingerprint density at radius 2 is 1.80 bits per heavy atom. The highest BCUT2D eigenvalue weighted by atomic mass is 16.5. The van der Waals surface area contributed by atoms with E-state index in [1.807, 2.05) is 44.2 Å². The van der Waals surface area contributed by atoms with Crippen LogP contribution >= 0.6 is 0 Å². The topological polar surface area (TPSA) is 47.6 Å². The first-order valence-corrected chi connectivity index (χ1v) is 8.56. The maximum Gasteiger partial charge on any atom is 0.260 e. The molecule has 134 valence electrons. The minimum Gasteiger partial charge on any atom is -0.497 e. The normalized spacial score (nSPS) is 11.7. The van der Waals surface area contributed by atoms with Crippen LogP contribution in [0.15, 0.2) is 36.4 Å². The van der Waals surface area contributed by atoms with E-state index in [9.17, 15) is 4.79 Å². The Bertz CT molecular complexity index is 723. The Kier molecular flexibility index (Phi) is 6.45. The van der Waals surface area contributed by atoms with Crippen LogP contribution in [0.1, 0.15) is 29.2 Å². The van der Waals surface area contributed by atoms with Gasteiger partial charge >= 0.3 is 0 Å². The van der Waals surface area contributed by atoms with Crippen LogP contribution < -0.4 is 14.8 Å². The van der Waals surface area contributed by atoms with Gasteiger partial charge in [-0.1, -0.05) is 18.2 Å². The predicted octanol–water partition coefficient (Wildman–Crippen LogP) is 3.75. The molecule has 0 aliphatic rings. The van der Waals surface area contributed by atoms with Gasteiger partial charge in [0.15, 0.2) is 6.10 Å². The average molecular weight is 341 g/mol. The number of nitrogens with one attached hydrogen (secondary N) is 1. The van der Waals surface area contributed by atoms with E-state index in [1.54, 1.807) is 14.0 Å². The van der Waals surface area contributed by atoms with Crippen molar-refractivity contribution < 1.29 is 14.3 Å². The first-order chi connectivity index (χ1) is 11.9. The summed E-state index contributed by atoms with van der Waals surface area (Å²) < 4.78 is 11.0. The first kappa shape index (κ1) is 18.8. The van der Waals surface area contributed by atoms with Gasteiger partial charge in [0.05, 0.1) is 7.11 Å². The Balaban J connectivity index is 1.86. The van der Waals surface area contributed by atoms with Crippen LogP contribution in [0.25, 0.3) is 0 Å². The highest BCUT2D eigenvalue weighted by Crippen LogP contribution is 2.24. The lowest BCUT2D eigenvalue weighted by atomic mass is 10.1. The fourth-order valence-electron chi connectivity index (χ4n) is 2.63. The lowest BCUT2D eigenvalue weighted by molar-refractivity contribution is -0.127. The minimum absolute atomic E-state index is 0.105. The van der Waals surface area contributed by atoms with Crippen LogP contribution in [0.4, 0.5) is 0 Å². The van der Waals surface area contributed by atoms with E-state index in [1.165, 1.54) is 5.56 Å². The van der Waals surface area contributed by atoms with Crippen molar-refractivity contribution in [1.29, 1.82) is 0 Å². The van der Waals surface area contributed by atoms with Crippen molar-refractivity contribution in [1.82, 2.24) is 5.32 Å². The molecule has 2 aromatic rings. The quantitative estimate of drug-likeness (QED) is 0.834. The zero-order valence-corrected chi connectivity index (χ0v) is 15.7. The summed E-state index contributed by atoms with van der Waals surface area (Å²) in [4.78, 5) is 12.3. The van der Waals surface area contributed by atoms with E-state index in [0.29, 0.717) is 6.54 Å². The molecule has 0 saturated heterocycles. The minimum atomic E-state index is -0.532. The number of methoxy groups -OCH3 is 1. The summed E-state index contributed by atoms with van der Waals surface area (Å²) in [5, 5.41) is 2.93. The van der Waals surface area contributed by atoms with Crippen molar-refractivity contribution in [3.05, 3.63) is 58.7 Å². The molecule has 1 unspecified atom stereocenters. The smallest absolute Gasteiger partial charge is 0.260 e. The van der Waals surface area contributed by atoms with Crippen molar-refractivity contribution >= 4 is 5.91 Å². The van der Waals surface area contributed by atoms with E-state index >= 15 is 0 Å². The molecular weight excluding hydrogens is 314 g/mol. The number of rotatable bonds is 7. The van der Waals surface area contributed by atoms with Gasteiger partial charge in [-0.05, 0) is 74.6 Å². The second kappa shape index (κ2) is 8.56. The van der Waals surface area contributed by atoms with Crippen molar-refractivity contribution in [2.75, 3.05) is 13.7 Å². The van der Waals surface area contributed by atoms with Crippen molar-refractivity contribution in [2.45, 2.75) is 40.2 Å². The Labute approximate surface area is 150 Å². The second-order valence-electron chi connectivity index (χ2n) is 6.35. The molecule has 2 aromatic carbocycles. The van der Waals surface area contributed by atoms with E-state index in [2.05, 4.69) is 18.3 Å². The van der Waals surface area contributed by atoms with Gasteiger partial charge in [0, 0.05) is 6.54 Å². The Hall–Kier alpha value is -2.49. The SMILES string of the molecule is COc1ccc(CCNC(=O)C(C)Oc2cc(C)cc(C)c2C)cc1. The molecule has 0 saturated carbocycles. The van der Waals surface area contributed by atoms with E-state index in [4.69, 9.17) is 9.47 Å². The van der Waals surface area contributed by atoms with Crippen LogP contribution in [0.5, 0.6) is 11.5 Å². The fourth-order valence-corrected chi connectivity index (χ4v) is 2.63. The molecule has 0 aromatic heterocycles. The van der Waals surface area contributed by atoms with Gasteiger partial charge in [0.25, 0.3) is 5.91 Å². The number of benzene rings is 2. The fraction of sp³-hybridized carbons (Fsp3) is 0.381. The standard InChI is InChI=1S/C21H27NO3/c1-14-12-15(2)16(3)20(13-14)25-17(4)21(23)22-11-10-18-6-8-19(24-5)9-7-18/h6-9,12-13,17H,10-11H2,1-5H3,(H,22,23). The van der Waals surface area contributed by atoms with Crippen LogP contribution in [-0.4, -0.2) is 25.7 Å². The van der Waals surface area contributed by atoms with Gasteiger partial charge in [-0.15, -0.1) is 0 Å². The molecule has 0 spiro atoms. The number of carbonyl (C=O) groups excluding carboxylic acids is 1. The molecule has 0 aliphatic carbocycles. The summed E-state index contributed by atoms with van der Waals surface area (Å²) in [7, 11) is 1.65. The predicted molar refractivity (Wildman–Crippen MR) is 100 cm³/mol. The molecule has 0 fully saturated rings. The van der Waals surface area contributed by atoms with Crippen molar-refractivity contribution in [2.24, 2.45) is 0 Å². The first-order valence-electron chi connectivity index (χ1n) is 8.56. The zero-order valence-electron chi connectivity index (χ0n) is 15.7. The molecule has 0 radical (unpaired) electrons. The summed E-state index contributed by atoms with van der Waals surface area (Å²) >= 11 is 0. The third kappa shape index (κ3) is 5.24. The van der Waals surface area contributed by atoms with Gasteiger partial charge in [0.2, 0.25) is 0 Å². The summed E-state index contributed by atoms with van der Waals surface area (Å²) in [5.74, 6) is 1.50. The molecular formula is C21H27NO3. The summed E-state index contributed by atoms with van der Waals surface area (Å²) in [6.45, 7) is 8.44. The monoisotopic (exact) mass is 341 g/mol. The maximum absolute atomic E-state index is 12.3. The molecule has 2 rings (SSSR count). The van der Waals surface area contributed by atoms with Gasteiger partial charge < -0.3 is 14.8 Å². The lowest BCUT2D eigenvalue weighted by Crippen LogP contribution is -2.37.